The molecule has 21 heavy (non-hydrogen) atoms. The van der Waals surface area contributed by atoms with Gasteiger partial charge in [-0.05, 0) is 24.0 Å². The topological polar surface area (TPSA) is 49.4 Å². The first kappa shape index (κ1) is 17.9. The Balaban J connectivity index is 2.67. The average Bonchev–Trinajstić information content (AvgIpc) is 2.37. The van der Waals surface area contributed by atoms with Crippen LogP contribution < -0.4 is 4.72 Å². The Morgan fingerprint density at radius 1 is 1.29 bits per heavy atom. The zero-order chi connectivity index (χ0) is 16.3. The van der Waals surface area contributed by atoms with Gasteiger partial charge in [-0.2, -0.15) is 25.9 Å². The number of alkyl halides is 3. The molecule has 120 valence electrons. The molecule has 0 bridgehead atoms. The van der Waals surface area contributed by atoms with Gasteiger partial charge < -0.3 is 0 Å². The maximum atomic E-state index is 12.6. The van der Waals surface area contributed by atoms with Crippen molar-refractivity contribution in [2.75, 3.05) is 20.6 Å². The minimum absolute atomic E-state index is 0.165. The van der Waals surface area contributed by atoms with Crippen LogP contribution in [0.15, 0.2) is 24.3 Å². The molecule has 1 N–H and O–H groups in total. The van der Waals surface area contributed by atoms with Crippen molar-refractivity contribution in [2.24, 2.45) is 0 Å². The lowest BCUT2D eigenvalue weighted by atomic mass is 9.96. The first-order chi connectivity index (χ1) is 9.54. The second-order valence-electron chi connectivity index (χ2n) is 4.99. The van der Waals surface area contributed by atoms with Crippen LogP contribution in [0, 0.1) is 0 Å². The Kier molecular flexibility index (Phi) is 5.77. The normalized spacial score (nSPS) is 14.4. The van der Waals surface area contributed by atoms with Crippen LogP contribution in [-0.4, -0.2) is 33.4 Å². The third-order valence-corrected chi connectivity index (χ3v) is 4.66. The Bertz CT molecular complexity index is 571. The highest BCUT2D eigenvalue weighted by Gasteiger charge is 2.30. The first-order valence-electron chi connectivity index (χ1n) is 6.38. The molecule has 0 spiro atoms. The summed E-state index contributed by atoms with van der Waals surface area (Å²) in [6.07, 6.45) is -3.96. The molecule has 8 heteroatoms. The Labute approximate surface area is 123 Å². The van der Waals surface area contributed by atoms with Crippen molar-refractivity contribution in [3.8, 4) is 0 Å². The second kappa shape index (κ2) is 6.76. The molecule has 0 radical (unpaired) electrons. The van der Waals surface area contributed by atoms with Gasteiger partial charge in [-0.1, -0.05) is 25.1 Å². The lowest BCUT2D eigenvalue weighted by molar-refractivity contribution is -0.137. The minimum Gasteiger partial charge on any atom is -0.202 e. The van der Waals surface area contributed by atoms with Gasteiger partial charge in [0.2, 0.25) is 0 Å². The summed E-state index contributed by atoms with van der Waals surface area (Å²) in [5, 5.41) is 0. The van der Waals surface area contributed by atoms with Crippen LogP contribution in [0.1, 0.15) is 30.4 Å². The fourth-order valence-corrected chi connectivity index (χ4v) is 2.36. The fraction of sp³-hybridized carbons (Fsp3) is 0.538. The van der Waals surface area contributed by atoms with Crippen LogP contribution in [0.25, 0.3) is 0 Å². The summed E-state index contributed by atoms with van der Waals surface area (Å²) in [7, 11) is -0.701. The van der Waals surface area contributed by atoms with Crippen molar-refractivity contribution in [3.05, 3.63) is 35.4 Å². The van der Waals surface area contributed by atoms with Crippen LogP contribution in [0.2, 0.25) is 0 Å². The van der Waals surface area contributed by atoms with Gasteiger partial charge in [-0.3, -0.25) is 0 Å². The van der Waals surface area contributed by atoms with E-state index in [0.29, 0.717) is 12.0 Å². The lowest BCUT2D eigenvalue weighted by Gasteiger charge is -2.16. The smallest absolute Gasteiger partial charge is 0.202 e. The van der Waals surface area contributed by atoms with Crippen molar-refractivity contribution in [1.82, 2.24) is 9.03 Å². The maximum Gasteiger partial charge on any atom is 0.416 e. The molecular weight excluding hydrogens is 305 g/mol. The van der Waals surface area contributed by atoms with Crippen LogP contribution in [0.5, 0.6) is 0 Å². The van der Waals surface area contributed by atoms with Crippen LogP contribution in [0.4, 0.5) is 13.2 Å². The molecule has 4 nitrogen and oxygen atoms in total. The molecule has 0 aliphatic carbocycles. The molecule has 0 fully saturated rings. The molecule has 0 saturated heterocycles. The van der Waals surface area contributed by atoms with E-state index in [9.17, 15) is 21.6 Å². The van der Waals surface area contributed by atoms with Gasteiger partial charge in [0.15, 0.2) is 0 Å². The summed E-state index contributed by atoms with van der Waals surface area (Å²) in [5.41, 5.74) is -0.158. The van der Waals surface area contributed by atoms with Crippen LogP contribution >= 0.6 is 0 Å². The highest BCUT2D eigenvalue weighted by Crippen LogP contribution is 2.31. The second-order valence-corrected chi connectivity index (χ2v) is 6.96. The largest absolute Gasteiger partial charge is 0.416 e. The van der Waals surface area contributed by atoms with Gasteiger partial charge in [-0.25, -0.2) is 4.72 Å². The van der Waals surface area contributed by atoms with Gasteiger partial charge >= 0.3 is 6.18 Å². The van der Waals surface area contributed by atoms with Crippen molar-refractivity contribution >= 4 is 10.2 Å². The highest BCUT2D eigenvalue weighted by molar-refractivity contribution is 7.87. The van der Waals surface area contributed by atoms with Gasteiger partial charge in [0.25, 0.3) is 10.2 Å². The number of nitrogens with zero attached hydrogens (tertiary/aromatic N) is 1. The van der Waals surface area contributed by atoms with E-state index < -0.39 is 21.9 Å². The summed E-state index contributed by atoms with van der Waals surface area (Å²) in [6, 6.07) is 5.09. The molecule has 1 rings (SSSR count). The molecule has 0 aliphatic rings. The molecule has 0 unspecified atom stereocenters. The molecule has 1 atom stereocenters. The van der Waals surface area contributed by atoms with E-state index in [0.717, 1.165) is 16.4 Å². The first-order valence-corrected chi connectivity index (χ1v) is 7.82. The van der Waals surface area contributed by atoms with E-state index in [1.165, 1.54) is 20.2 Å². The van der Waals surface area contributed by atoms with E-state index in [2.05, 4.69) is 4.72 Å². The summed E-state index contributed by atoms with van der Waals surface area (Å²) in [6.45, 7) is 1.93. The molecule has 0 aromatic heterocycles. The predicted octanol–water partition coefficient (Wildman–Crippen LogP) is 2.60. The predicted molar refractivity (Wildman–Crippen MR) is 75.1 cm³/mol. The molecule has 0 amide bonds. The van der Waals surface area contributed by atoms with E-state index in [1.807, 2.05) is 0 Å². The summed E-state index contributed by atoms with van der Waals surface area (Å²) in [5.74, 6) is -0.183. The SMILES string of the molecule is C[C@@H](CCNS(=O)(=O)N(C)C)c1cccc(C(F)(F)F)c1. The third kappa shape index (κ3) is 5.29. The summed E-state index contributed by atoms with van der Waals surface area (Å²) < 4.78 is 64.3. The van der Waals surface area contributed by atoms with Crippen molar-refractivity contribution in [2.45, 2.75) is 25.4 Å². The van der Waals surface area contributed by atoms with Crippen LogP contribution in [0.3, 0.4) is 0 Å². The number of halogens is 3. The van der Waals surface area contributed by atoms with Gasteiger partial charge in [0.1, 0.15) is 0 Å². The maximum absolute atomic E-state index is 12.6. The standard InChI is InChI=1S/C13H19F3N2O2S/c1-10(7-8-17-21(19,20)18(2)3)11-5-4-6-12(9-11)13(14,15)16/h4-6,9-10,17H,7-8H2,1-3H3/t10-/m0/s1. The zero-order valence-corrected chi connectivity index (χ0v) is 12.9. The van der Waals surface area contributed by atoms with Gasteiger partial charge in [0.05, 0.1) is 5.56 Å². The number of benzene rings is 1. The molecule has 1 aromatic rings. The van der Waals surface area contributed by atoms with Crippen molar-refractivity contribution in [1.29, 1.82) is 0 Å². The number of hydrogen-bond acceptors (Lipinski definition) is 2. The third-order valence-electron chi connectivity index (χ3n) is 3.13. The Morgan fingerprint density at radius 2 is 1.90 bits per heavy atom. The minimum atomic E-state index is -4.37. The number of nitrogens with one attached hydrogen (secondary N) is 1. The van der Waals surface area contributed by atoms with E-state index in [1.54, 1.807) is 13.0 Å². The van der Waals surface area contributed by atoms with E-state index in [4.69, 9.17) is 0 Å². The molecule has 0 heterocycles. The Hall–Kier alpha value is -1.12. The van der Waals surface area contributed by atoms with Gasteiger partial charge in [-0.15, -0.1) is 0 Å². The van der Waals surface area contributed by atoms with E-state index >= 15 is 0 Å². The van der Waals surface area contributed by atoms with E-state index in [-0.39, 0.29) is 12.5 Å². The van der Waals surface area contributed by atoms with Crippen LogP contribution in [-0.2, 0) is 16.4 Å². The highest BCUT2D eigenvalue weighted by atomic mass is 32.2. The quantitative estimate of drug-likeness (QED) is 0.874. The lowest BCUT2D eigenvalue weighted by Crippen LogP contribution is -2.36. The summed E-state index contributed by atoms with van der Waals surface area (Å²) in [4.78, 5) is 0. The summed E-state index contributed by atoms with van der Waals surface area (Å²) >= 11 is 0. The molecule has 1 aromatic carbocycles. The fourth-order valence-electron chi connectivity index (χ4n) is 1.72. The number of rotatable bonds is 6. The zero-order valence-electron chi connectivity index (χ0n) is 12.1. The van der Waals surface area contributed by atoms with Gasteiger partial charge in [0, 0.05) is 20.6 Å². The average molecular weight is 324 g/mol. The van der Waals surface area contributed by atoms with Crippen molar-refractivity contribution in [3.63, 3.8) is 0 Å². The molecular formula is C13H19F3N2O2S. The molecule has 0 saturated carbocycles. The monoisotopic (exact) mass is 324 g/mol. The van der Waals surface area contributed by atoms with Crippen molar-refractivity contribution < 1.29 is 21.6 Å². The number of hydrogen-bond donors (Lipinski definition) is 1. The Morgan fingerprint density at radius 3 is 2.43 bits per heavy atom. The molecule has 0 aliphatic heterocycles.